The molecule has 6 nitrogen and oxygen atoms in total. The number of piperazine rings is 1. The lowest BCUT2D eigenvalue weighted by atomic mass is 9.86. The molecule has 0 radical (unpaired) electrons. The molecular formula is C21H33N3O3. The number of ether oxygens (including phenoxy) is 1. The standard InChI is InChI=1S/C21H33N3O3/c1-16(2)22-19(25)14-23-10-12-24(13-11-23)20(26)15-27-18-9-7-6-8-17(18)21(3,4)5/h6-9,16H,10-15H2,1-5H3,(H,22,25). The van der Waals surface area contributed by atoms with Crippen molar-refractivity contribution in [2.45, 2.75) is 46.1 Å². The molecule has 1 aliphatic heterocycles. The highest BCUT2D eigenvalue weighted by Crippen LogP contribution is 2.30. The lowest BCUT2D eigenvalue weighted by molar-refractivity contribution is -0.135. The first-order valence-corrected chi connectivity index (χ1v) is 9.68. The van der Waals surface area contributed by atoms with Gasteiger partial charge in [0.25, 0.3) is 5.91 Å². The molecule has 1 heterocycles. The maximum absolute atomic E-state index is 12.5. The Morgan fingerprint density at radius 2 is 1.74 bits per heavy atom. The number of carbonyl (C=O) groups is 2. The van der Waals surface area contributed by atoms with Crippen molar-refractivity contribution >= 4 is 11.8 Å². The Morgan fingerprint density at radius 1 is 1.11 bits per heavy atom. The fourth-order valence-electron chi connectivity index (χ4n) is 3.17. The molecule has 1 aromatic rings. The number of carbonyl (C=O) groups excluding carboxylic acids is 2. The number of hydrogen-bond acceptors (Lipinski definition) is 4. The first kappa shape index (κ1) is 21.2. The van der Waals surface area contributed by atoms with Gasteiger partial charge in [-0.05, 0) is 30.9 Å². The van der Waals surface area contributed by atoms with Gasteiger partial charge in [0.2, 0.25) is 5.91 Å². The van der Waals surface area contributed by atoms with Crippen LogP contribution in [-0.2, 0) is 15.0 Å². The van der Waals surface area contributed by atoms with Crippen LogP contribution in [0, 0.1) is 0 Å². The van der Waals surface area contributed by atoms with Crippen LogP contribution in [0.2, 0.25) is 0 Å². The smallest absolute Gasteiger partial charge is 0.260 e. The van der Waals surface area contributed by atoms with E-state index in [2.05, 4.69) is 31.0 Å². The Morgan fingerprint density at radius 3 is 2.33 bits per heavy atom. The molecule has 1 saturated heterocycles. The van der Waals surface area contributed by atoms with Crippen LogP contribution in [0.3, 0.4) is 0 Å². The van der Waals surface area contributed by atoms with E-state index in [0.29, 0.717) is 32.7 Å². The molecule has 1 N–H and O–H groups in total. The van der Waals surface area contributed by atoms with Crippen LogP contribution in [0.1, 0.15) is 40.2 Å². The Kier molecular flexibility index (Phi) is 7.25. The second kappa shape index (κ2) is 9.22. The van der Waals surface area contributed by atoms with Gasteiger partial charge in [0.1, 0.15) is 5.75 Å². The van der Waals surface area contributed by atoms with Gasteiger partial charge in [0, 0.05) is 32.2 Å². The van der Waals surface area contributed by atoms with Crippen molar-refractivity contribution in [1.29, 1.82) is 0 Å². The molecule has 2 rings (SSSR count). The zero-order chi connectivity index (χ0) is 20.0. The fourth-order valence-corrected chi connectivity index (χ4v) is 3.17. The summed E-state index contributed by atoms with van der Waals surface area (Å²) in [4.78, 5) is 28.3. The van der Waals surface area contributed by atoms with Crippen molar-refractivity contribution in [2.24, 2.45) is 0 Å². The summed E-state index contributed by atoms with van der Waals surface area (Å²) in [5.74, 6) is 0.791. The average molecular weight is 376 g/mol. The molecule has 1 aromatic carbocycles. The van der Waals surface area contributed by atoms with Crippen molar-refractivity contribution in [3.63, 3.8) is 0 Å². The first-order chi connectivity index (χ1) is 12.7. The SMILES string of the molecule is CC(C)NC(=O)CN1CCN(C(=O)COc2ccccc2C(C)(C)C)CC1. The van der Waals surface area contributed by atoms with E-state index in [-0.39, 0.29) is 29.9 Å². The highest BCUT2D eigenvalue weighted by Gasteiger charge is 2.24. The van der Waals surface area contributed by atoms with Crippen molar-refractivity contribution in [3.8, 4) is 5.75 Å². The van der Waals surface area contributed by atoms with E-state index >= 15 is 0 Å². The van der Waals surface area contributed by atoms with Crippen LogP contribution >= 0.6 is 0 Å². The van der Waals surface area contributed by atoms with Crippen molar-refractivity contribution < 1.29 is 14.3 Å². The van der Waals surface area contributed by atoms with Crippen LogP contribution < -0.4 is 10.1 Å². The van der Waals surface area contributed by atoms with E-state index in [4.69, 9.17) is 4.74 Å². The Balaban J connectivity index is 1.81. The average Bonchev–Trinajstić information content (AvgIpc) is 2.59. The van der Waals surface area contributed by atoms with E-state index in [0.717, 1.165) is 11.3 Å². The maximum Gasteiger partial charge on any atom is 0.260 e. The van der Waals surface area contributed by atoms with Gasteiger partial charge in [-0.2, -0.15) is 0 Å². The van der Waals surface area contributed by atoms with Gasteiger partial charge < -0.3 is 15.0 Å². The summed E-state index contributed by atoms with van der Waals surface area (Å²) < 4.78 is 5.84. The molecule has 0 atom stereocenters. The number of para-hydroxylation sites is 1. The van der Waals surface area contributed by atoms with E-state index in [1.807, 2.05) is 43.0 Å². The Hall–Kier alpha value is -2.08. The second-order valence-corrected chi connectivity index (χ2v) is 8.41. The van der Waals surface area contributed by atoms with Gasteiger partial charge in [-0.1, -0.05) is 39.0 Å². The molecule has 27 heavy (non-hydrogen) atoms. The predicted octanol–water partition coefficient (Wildman–Crippen LogP) is 2.03. The van der Waals surface area contributed by atoms with E-state index < -0.39 is 0 Å². The summed E-state index contributed by atoms with van der Waals surface area (Å²) in [7, 11) is 0. The van der Waals surface area contributed by atoms with Gasteiger partial charge in [0.15, 0.2) is 6.61 Å². The predicted molar refractivity (Wildman–Crippen MR) is 107 cm³/mol. The van der Waals surface area contributed by atoms with Crippen molar-refractivity contribution in [3.05, 3.63) is 29.8 Å². The first-order valence-electron chi connectivity index (χ1n) is 9.68. The monoisotopic (exact) mass is 375 g/mol. The van der Waals surface area contributed by atoms with Gasteiger partial charge in [-0.3, -0.25) is 14.5 Å². The molecule has 0 spiro atoms. The van der Waals surface area contributed by atoms with Gasteiger partial charge in [-0.25, -0.2) is 0 Å². The molecule has 0 aromatic heterocycles. The maximum atomic E-state index is 12.5. The second-order valence-electron chi connectivity index (χ2n) is 8.41. The molecule has 1 fully saturated rings. The normalized spacial score (nSPS) is 15.7. The zero-order valence-electron chi connectivity index (χ0n) is 17.2. The Bertz CT molecular complexity index is 644. The van der Waals surface area contributed by atoms with Crippen LogP contribution in [0.15, 0.2) is 24.3 Å². The molecular weight excluding hydrogens is 342 g/mol. The highest BCUT2D eigenvalue weighted by atomic mass is 16.5. The summed E-state index contributed by atoms with van der Waals surface area (Å²) in [5.41, 5.74) is 1.06. The summed E-state index contributed by atoms with van der Waals surface area (Å²) in [6.07, 6.45) is 0. The molecule has 2 amide bonds. The Labute approximate surface area is 162 Å². The number of benzene rings is 1. The lowest BCUT2D eigenvalue weighted by Crippen LogP contribution is -2.52. The van der Waals surface area contributed by atoms with Crippen LogP contribution in [-0.4, -0.2) is 67.0 Å². The summed E-state index contributed by atoms with van der Waals surface area (Å²) in [6.45, 7) is 13.4. The molecule has 0 bridgehead atoms. The van der Waals surface area contributed by atoms with Crippen molar-refractivity contribution in [2.75, 3.05) is 39.3 Å². The molecule has 150 valence electrons. The lowest BCUT2D eigenvalue weighted by Gasteiger charge is -2.34. The largest absolute Gasteiger partial charge is 0.483 e. The molecule has 0 aliphatic carbocycles. The summed E-state index contributed by atoms with van der Waals surface area (Å²) in [5, 5.41) is 2.90. The molecule has 6 heteroatoms. The summed E-state index contributed by atoms with van der Waals surface area (Å²) in [6, 6.07) is 8.02. The fraction of sp³-hybridized carbons (Fsp3) is 0.619. The van der Waals surface area contributed by atoms with Crippen LogP contribution in [0.4, 0.5) is 0 Å². The minimum absolute atomic E-state index is 0.00926. The summed E-state index contributed by atoms with van der Waals surface area (Å²) >= 11 is 0. The number of rotatable bonds is 6. The van der Waals surface area contributed by atoms with Crippen LogP contribution in [0.5, 0.6) is 5.75 Å². The molecule has 0 saturated carbocycles. The molecule has 1 aliphatic rings. The van der Waals surface area contributed by atoms with Gasteiger partial charge >= 0.3 is 0 Å². The third-order valence-electron chi connectivity index (χ3n) is 4.59. The third-order valence-corrected chi connectivity index (χ3v) is 4.59. The molecule has 0 unspecified atom stereocenters. The van der Waals surface area contributed by atoms with Gasteiger partial charge in [-0.15, -0.1) is 0 Å². The third kappa shape index (κ3) is 6.54. The van der Waals surface area contributed by atoms with Crippen LogP contribution in [0.25, 0.3) is 0 Å². The topological polar surface area (TPSA) is 61.9 Å². The highest BCUT2D eigenvalue weighted by molar-refractivity contribution is 5.79. The zero-order valence-corrected chi connectivity index (χ0v) is 17.2. The number of amides is 2. The van der Waals surface area contributed by atoms with E-state index in [1.54, 1.807) is 0 Å². The minimum Gasteiger partial charge on any atom is -0.483 e. The van der Waals surface area contributed by atoms with E-state index in [9.17, 15) is 9.59 Å². The minimum atomic E-state index is -0.0399. The number of nitrogens with one attached hydrogen (secondary N) is 1. The van der Waals surface area contributed by atoms with E-state index in [1.165, 1.54) is 0 Å². The van der Waals surface area contributed by atoms with Gasteiger partial charge in [0.05, 0.1) is 6.54 Å². The number of nitrogens with zero attached hydrogens (tertiary/aromatic N) is 2. The number of hydrogen-bond donors (Lipinski definition) is 1. The quantitative estimate of drug-likeness (QED) is 0.826. The van der Waals surface area contributed by atoms with Crippen molar-refractivity contribution in [1.82, 2.24) is 15.1 Å².